The summed E-state index contributed by atoms with van der Waals surface area (Å²) >= 11 is 3.52. The van der Waals surface area contributed by atoms with E-state index < -0.39 is 6.29 Å². The Morgan fingerprint density at radius 1 is 1.39 bits per heavy atom. The van der Waals surface area contributed by atoms with Crippen LogP contribution in [0.3, 0.4) is 0 Å². The fourth-order valence-corrected chi connectivity index (χ4v) is 2.85. The van der Waals surface area contributed by atoms with Crippen molar-refractivity contribution in [1.29, 1.82) is 0 Å². The molecule has 100 valence electrons. The van der Waals surface area contributed by atoms with Crippen LogP contribution in [0.25, 0.3) is 0 Å². The van der Waals surface area contributed by atoms with Crippen LogP contribution in [0.2, 0.25) is 0 Å². The van der Waals surface area contributed by atoms with Crippen LogP contribution in [0.4, 0.5) is 0 Å². The highest BCUT2D eigenvalue weighted by molar-refractivity contribution is 9.10. The van der Waals surface area contributed by atoms with Gasteiger partial charge in [0.15, 0.2) is 6.29 Å². The van der Waals surface area contributed by atoms with Crippen molar-refractivity contribution in [3.05, 3.63) is 27.7 Å². The lowest BCUT2D eigenvalue weighted by Gasteiger charge is -2.21. The molecule has 2 N–H and O–H groups in total. The van der Waals surface area contributed by atoms with Crippen molar-refractivity contribution in [3.63, 3.8) is 0 Å². The summed E-state index contributed by atoms with van der Waals surface area (Å²) in [5.41, 5.74) is 8.43. The molecule has 1 atom stereocenters. The molecule has 4 nitrogen and oxygen atoms in total. The minimum Gasteiger partial charge on any atom is -0.493 e. The topological polar surface area (TPSA) is 53.7 Å². The van der Waals surface area contributed by atoms with E-state index in [0.29, 0.717) is 6.42 Å². The summed E-state index contributed by atoms with van der Waals surface area (Å²) in [7, 11) is 3.19. The highest BCUT2D eigenvalue weighted by Crippen LogP contribution is 2.33. The molecular weight excluding hydrogens is 298 g/mol. The molecule has 0 spiro atoms. The quantitative estimate of drug-likeness (QED) is 0.843. The van der Waals surface area contributed by atoms with E-state index in [-0.39, 0.29) is 6.04 Å². The van der Waals surface area contributed by atoms with Crippen LogP contribution in [0.5, 0.6) is 5.75 Å². The number of hydrogen-bond donors (Lipinski definition) is 1. The molecule has 1 unspecified atom stereocenters. The Bertz CT molecular complexity index is 421. The molecule has 1 aliphatic rings. The first-order valence-electron chi connectivity index (χ1n) is 5.91. The minimum atomic E-state index is -0.402. The number of fused-ring (bicyclic) bond motifs is 1. The number of ether oxygens (including phenoxy) is 3. The van der Waals surface area contributed by atoms with Crippen LogP contribution in [-0.2, 0) is 22.3 Å². The summed E-state index contributed by atoms with van der Waals surface area (Å²) in [6, 6.07) is 3.93. The average molecular weight is 316 g/mol. The third-order valence-corrected chi connectivity index (χ3v) is 3.55. The second-order valence-electron chi connectivity index (χ2n) is 4.36. The molecule has 2 rings (SSSR count). The van der Waals surface area contributed by atoms with Crippen molar-refractivity contribution in [1.82, 2.24) is 0 Å². The van der Waals surface area contributed by atoms with Gasteiger partial charge in [-0.25, -0.2) is 0 Å². The number of halogens is 1. The Kier molecular flexibility index (Phi) is 4.61. The fourth-order valence-electron chi connectivity index (χ4n) is 2.29. The zero-order chi connectivity index (χ0) is 13.1. The Labute approximate surface area is 116 Å². The third-order valence-electron chi connectivity index (χ3n) is 3.10. The van der Waals surface area contributed by atoms with Gasteiger partial charge in [-0.2, -0.15) is 0 Å². The molecule has 0 bridgehead atoms. The molecule has 0 saturated heterocycles. The van der Waals surface area contributed by atoms with Gasteiger partial charge in [-0.15, -0.1) is 0 Å². The van der Waals surface area contributed by atoms with Crippen LogP contribution in [0.1, 0.15) is 11.1 Å². The van der Waals surface area contributed by atoms with Crippen LogP contribution in [0, 0.1) is 0 Å². The van der Waals surface area contributed by atoms with Gasteiger partial charge in [0.2, 0.25) is 0 Å². The molecule has 0 radical (unpaired) electrons. The zero-order valence-electron chi connectivity index (χ0n) is 10.6. The minimum absolute atomic E-state index is 0.220. The van der Waals surface area contributed by atoms with Gasteiger partial charge < -0.3 is 19.9 Å². The van der Waals surface area contributed by atoms with Gasteiger partial charge in [-0.05, 0) is 29.7 Å². The maximum absolute atomic E-state index is 6.09. The summed E-state index contributed by atoms with van der Waals surface area (Å²) in [6.45, 7) is 0.742. The molecule has 0 amide bonds. The lowest BCUT2D eigenvalue weighted by molar-refractivity contribution is -0.115. The smallest absolute Gasteiger partial charge is 0.172 e. The van der Waals surface area contributed by atoms with E-state index in [9.17, 15) is 0 Å². The highest BCUT2D eigenvalue weighted by Gasteiger charge is 2.22. The molecule has 1 aromatic rings. The second kappa shape index (κ2) is 6.02. The molecule has 5 heteroatoms. The first-order chi connectivity index (χ1) is 8.65. The molecule has 0 aliphatic carbocycles. The van der Waals surface area contributed by atoms with E-state index in [0.717, 1.165) is 28.8 Å². The van der Waals surface area contributed by atoms with Crippen molar-refractivity contribution in [3.8, 4) is 5.75 Å². The standard InChI is InChI=1S/C13H18BrNO3/c1-16-13(17-2)11(15)7-9-6-10(14)5-8-3-4-18-12(8)9/h5-6,11,13H,3-4,7,15H2,1-2H3. The number of nitrogens with two attached hydrogens (primary N) is 1. The molecule has 1 heterocycles. The van der Waals surface area contributed by atoms with Crippen molar-refractivity contribution in [2.24, 2.45) is 5.73 Å². The lowest BCUT2D eigenvalue weighted by Crippen LogP contribution is -2.39. The molecular formula is C13H18BrNO3. The second-order valence-corrected chi connectivity index (χ2v) is 5.28. The Morgan fingerprint density at radius 3 is 2.78 bits per heavy atom. The van der Waals surface area contributed by atoms with Crippen LogP contribution < -0.4 is 10.5 Å². The monoisotopic (exact) mass is 315 g/mol. The SMILES string of the molecule is COC(OC)C(N)Cc1cc(Br)cc2c1OCC2. The highest BCUT2D eigenvalue weighted by atomic mass is 79.9. The van der Waals surface area contributed by atoms with Gasteiger partial charge in [0, 0.05) is 25.1 Å². The third kappa shape index (κ3) is 2.85. The number of methoxy groups -OCH3 is 2. The molecule has 0 fully saturated rings. The Balaban J connectivity index is 2.19. The molecule has 18 heavy (non-hydrogen) atoms. The van der Waals surface area contributed by atoms with Gasteiger partial charge in [-0.1, -0.05) is 15.9 Å². The summed E-state index contributed by atoms with van der Waals surface area (Å²) in [4.78, 5) is 0. The lowest BCUT2D eigenvalue weighted by atomic mass is 10.0. The van der Waals surface area contributed by atoms with Crippen molar-refractivity contribution in [2.45, 2.75) is 25.2 Å². The van der Waals surface area contributed by atoms with E-state index in [1.54, 1.807) is 14.2 Å². The normalized spacial score (nSPS) is 15.6. The van der Waals surface area contributed by atoms with E-state index in [2.05, 4.69) is 22.0 Å². The molecule has 0 aromatic heterocycles. The van der Waals surface area contributed by atoms with E-state index >= 15 is 0 Å². The number of hydrogen-bond acceptors (Lipinski definition) is 4. The predicted octanol–water partition coefficient (Wildman–Crippen LogP) is 1.87. The summed E-state index contributed by atoms with van der Waals surface area (Å²) < 4.78 is 17.1. The van der Waals surface area contributed by atoms with Crippen LogP contribution in [0.15, 0.2) is 16.6 Å². The maximum atomic E-state index is 6.09. The Hall–Kier alpha value is -0.620. The predicted molar refractivity (Wildman–Crippen MR) is 72.8 cm³/mol. The van der Waals surface area contributed by atoms with Gasteiger partial charge in [0.1, 0.15) is 5.75 Å². The first-order valence-corrected chi connectivity index (χ1v) is 6.70. The maximum Gasteiger partial charge on any atom is 0.172 e. The average Bonchev–Trinajstić information content (AvgIpc) is 2.78. The van der Waals surface area contributed by atoms with E-state index in [1.165, 1.54) is 5.56 Å². The van der Waals surface area contributed by atoms with E-state index in [1.807, 2.05) is 6.07 Å². The van der Waals surface area contributed by atoms with Gasteiger partial charge in [0.25, 0.3) is 0 Å². The molecule has 1 aromatic carbocycles. The molecule has 0 saturated carbocycles. The zero-order valence-corrected chi connectivity index (χ0v) is 12.2. The van der Waals surface area contributed by atoms with Crippen LogP contribution >= 0.6 is 15.9 Å². The molecule has 1 aliphatic heterocycles. The van der Waals surface area contributed by atoms with E-state index in [4.69, 9.17) is 19.9 Å². The Morgan fingerprint density at radius 2 is 2.11 bits per heavy atom. The first kappa shape index (κ1) is 13.8. The van der Waals surface area contributed by atoms with Crippen molar-refractivity contribution in [2.75, 3.05) is 20.8 Å². The van der Waals surface area contributed by atoms with Gasteiger partial charge >= 0.3 is 0 Å². The summed E-state index contributed by atoms with van der Waals surface area (Å²) in [5, 5.41) is 0. The number of benzene rings is 1. The number of rotatable bonds is 5. The summed E-state index contributed by atoms with van der Waals surface area (Å²) in [5.74, 6) is 0.972. The fraction of sp³-hybridized carbons (Fsp3) is 0.538. The summed E-state index contributed by atoms with van der Waals surface area (Å²) in [6.07, 6.45) is 1.21. The van der Waals surface area contributed by atoms with Crippen molar-refractivity contribution < 1.29 is 14.2 Å². The van der Waals surface area contributed by atoms with Crippen LogP contribution in [-0.4, -0.2) is 33.2 Å². The largest absolute Gasteiger partial charge is 0.493 e. The van der Waals surface area contributed by atoms with Crippen molar-refractivity contribution >= 4 is 15.9 Å². The van der Waals surface area contributed by atoms with Gasteiger partial charge in [0.05, 0.1) is 12.6 Å². The van der Waals surface area contributed by atoms with Gasteiger partial charge in [-0.3, -0.25) is 0 Å².